The fourth-order valence-corrected chi connectivity index (χ4v) is 4.06. The van der Waals surface area contributed by atoms with Crippen LogP contribution < -0.4 is 9.64 Å². The predicted molar refractivity (Wildman–Crippen MR) is 115 cm³/mol. The second-order valence-corrected chi connectivity index (χ2v) is 7.84. The van der Waals surface area contributed by atoms with Crippen molar-refractivity contribution in [2.45, 2.75) is 31.9 Å². The maximum Gasteiger partial charge on any atom is 0.255 e. The zero-order chi connectivity index (χ0) is 22.6. The van der Waals surface area contributed by atoms with Crippen LogP contribution in [0.5, 0.6) is 5.88 Å². The molecule has 1 aromatic carbocycles. The van der Waals surface area contributed by atoms with E-state index in [0.29, 0.717) is 38.3 Å². The minimum Gasteiger partial charge on any atom is -0.467 e. The lowest BCUT2D eigenvalue weighted by Gasteiger charge is -2.33. The van der Waals surface area contributed by atoms with Crippen LogP contribution in [0.3, 0.4) is 0 Å². The normalized spacial score (nSPS) is 18.6. The number of amides is 1. The van der Waals surface area contributed by atoms with Gasteiger partial charge in [0.2, 0.25) is 23.5 Å². The maximum atomic E-state index is 14.1. The van der Waals surface area contributed by atoms with Gasteiger partial charge in [0.15, 0.2) is 6.61 Å². The lowest BCUT2D eigenvalue weighted by Crippen LogP contribution is -2.41. The highest BCUT2D eigenvalue weighted by molar-refractivity contribution is 5.82. The van der Waals surface area contributed by atoms with Gasteiger partial charge in [-0.05, 0) is 18.4 Å². The van der Waals surface area contributed by atoms with Crippen molar-refractivity contribution in [1.29, 1.82) is 0 Å². The average molecular weight is 451 g/mol. The first-order valence-corrected chi connectivity index (χ1v) is 10.7. The summed E-state index contributed by atoms with van der Waals surface area (Å²) in [6, 6.07) is 9.88. The van der Waals surface area contributed by atoms with E-state index in [1.165, 1.54) is 0 Å². The number of aromatic nitrogens is 6. The molecule has 0 saturated carbocycles. The molecular formula is C21H22FN9O2. The molecule has 170 valence electrons. The Bertz CT molecular complexity index is 1120. The van der Waals surface area contributed by atoms with E-state index in [2.05, 4.69) is 35.7 Å². The van der Waals surface area contributed by atoms with E-state index in [1.54, 1.807) is 11.2 Å². The number of hydrogen-bond donors (Lipinski definition) is 1. The minimum atomic E-state index is -0.675. The molecule has 1 saturated heterocycles. The molecular weight excluding hydrogens is 429 g/mol. The Labute approximate surface area is 188 Å². The molecule has 0 bridgehead atoms. The van der Waals surface area contributed by atoms with Crippen molar-refractivity contribution in [3.8, 4) is 5.88 Å². The molecule has 2 aromatic heterocycles. The zero-order valence-corrected chi connectivity index (χ0v) is 17.7. The van der Waals surface area contributed by atoms with Crippen LogP contribution in [0.25, 0.3) is 0 Å². The molecule has 2 aliphatic rings. The van der Waals surface area contributed by atoms with Gasteiger partial charge < -0.3 is 9.64 Å². The van der Waals surface area contributed by atoms with Crippen molar-refractivity contribution in [2.24, 2.45) is 11.0 Å². The molecule has 3 aromatic rings. The molecule has 4 heterocycles. The van der Waals surface area contributed by atoms with E-state index >= 15 is 0 Å². The third-order valence-corrected chi connectivity index (χ3v) is 5.79. The third kappa shape index (κ3) is 4.49. The second kappa shape index (κ2) is 9.27. The Balaban J connectivity index is 1.21. The van der Waals surface area contributed by atoms with E-state index in [0.717, 1.165) is 11.8 Å². The highest BCUT2D eigenvalue weighted by Gasteiger charge is 2.35. The zero-order valence-electron chi connectivity index (χ0n) is 17.7. The van der Waals surface area contributed by atoms with Crippen molar-refractivity contribution >= 4 is 18.1 Å². The van der Waals surface area contributed by atoms with Gasteiger partial charge in [0, 0.05) is 31.6 Å². The summed E-state index contributed by atoms with van der Waals surface area (Å²) in [6.45, 7) is 1.07. The summed E-state index contributed by atoms with van der Waals surface area (Å²) < 4.78 is 19.5. The van der Waals surface area contributed by atoms with Gasteiger partial charge in [-0.15, -0.1) is 10.2 Å². The molecule has 33 heavy (non-hydrogen) atoms. The number of carbonyl (C=O) groups excluding carboxylic acids is 1. The second-order valence-electron chi connectivity index (χ2n) is 7.84. The fourth-order valence-electron chi connectivity index (χ4n) is 4.06. The van der Waals surface area contributed by atoms with Gasteiger partial charge in [0.05, 0.1) is 12.2 Å². The Morgan fingerprint density at radius 1 is 1.21 bits per heavy atom. The number of H-pyrrole nitrogens is 1. The summed E-state index contributed by atoms with van der Waals surface area (Å²) in [7, 11) is 0. The van der Waals surface area contributed by atoms with Crippen LogP contribution in [-0.2, 0) is 11.4 Å². The summed E-state index contributed by atoms with van der Waals surface area (Å²) >= 11 is 0. The van der Waals surface area contributed by atoms with Crippen LogP contribution in [0, 0.1) is 11.7 Å². The molecule has 0 aliphatic carbocycles. The predicted octanol–water partition coefficient (Wildman–Crippen LogP) is 1.88. The molecule has 0 radical (unpaired) electrons. The van der Waals surface area contributed by atoms with Gasteiger partial charge in [-0.1, -0.05) is 35.5 Å². The number of ether oxygens (including phenoxy) is 1. The van der Waals surface area contributed by atoms with Crippen LogP contribution in [0.15, 0.2) is 41.6 Å². The van der Waals surface area contributed by atoms with Gasteiger partial charge in [0.25, 0.3) is 5.88 Å². The molecule has 1 amide bonds. The summed E-state index contributed by atoms with van der Waals surface area (Å²) in [5.74, 6) is -0.330. The first-order valence-electron chi connectivity index (χ1n) is 10.7. The van der Waals surface area contributed by atoms with Crippen LogP contribution in [0.1, 0.15) is 36.7 Å². The molecule has 1 unspecified atom stereocenters. The largest absolute Gasteiger partial charge is 0.467 e. The molecule has 12 heteroatoms. The van der Waals surface area contributed by atoms with Crippen LogP contribution >= 0.6 is 0 Å². The van der Waals surface area contributed by atoms with E-state index in [1.807, 2.05) is 35.2 Å². The molecule has 1 fully saturated rings. The highest BCUT2D eigenvalue weighted by atomic mass is 19.1. The number of benzene rings is 1. The summed E-state index contributed by atoms with van der Waals surface area (Å²) in [4.78, 5) is 23.4. The third-order valence-electron chi connectivity index (χ3n) is 5.79. The Morgan fingerprint density at radius 3 is 2.79 bits per heavy atom. The standard InChI is InChI=1S/C21H22FN9O2/c22-16-12-23-21(25-19(16)33-13-18-26-28-29-27-18)30-10-7-15(8-11-30)20(32)31-17(6-9-24-31)14-4-2-1-3-5-14/h1-5,9,12,15,17H,6-8,10-11,13H2,(H,26,27,28,29). The Kier molecular flexibility index (Phi) is 5.87. The SMILES string of the molecule is O=C(C1CCN(c2ncc(F)c(OCc3nn[nH]n3)n2)CC1)N1N=CCC1c1ccccc1. The molecule has 1 N–H and O–H groups in total. The molecule has 1 atom stereocenters. The van der Waals surface area contributed by atoms with Gasteiger partial charge >= 0.3 is 0 Å². The molecule has 11 nitrogen and oxygen atoms in total. The van der Waals surface area contributed by atoms with E-state index in [4.69, 9.17) is 4.74 Å². The number of nitrogens with one attached hydrogen (secondary N) is 1. The van der Waals surface area contributed by atoms with Crippen LogP contribution in [-0.4, -0.2) is 60.8 Å². The highest BCUT2D eigenvalue weighted by Crippen LogP contribution is 2.32. The van der Waals surface area contributed by atoms with Gasteiger partial charge in [-0.3, -0.25) is 4.79 Å². The molecule has 5 rings (SSSR count). The quantitative estimate of drug-likeness (QED) is 0.602. The number of nitrogens with zero attached hydrogens (tertiary/aromatic N) is 8. The number of aromatic amines is 1. The maximum absolute atomic E-state index is 14.1. The number of rotatable bonds is 6. The summed E-state index contributed by atoms with van der Waals surface area (Å²) in [5, 5.41) is 19.2. The van der Waals surface area contributed by atoms with E-state index < -0.39 is 5.82 Å². The van der Waals surface area contributed by atoms with Gasteiger partial charge in [0.1, 0.15) is 0 Å². The number of hydrogen-bond acceptors (Lipinski definition) is 9. The lowest BCUT2D eigenvalue weighted by atomic mass is 9.94. The lowest BCUT2D eigenvalue weighted by molar-refractivity contribution is -0.138. The van der Waals surface area contributed by atoms with Crippen molar-refractivity contribution in [1.82, 2.24) is 35.6 Å². The number of anilines is 1. The Morgan fingerprint density at radius 2 is 2.03 bits per heavy atom. The fraction of sp³-hybridized carbons (Fsp3) is 0.381. The average Bonchev–Trinajstić information content (AvgIpc) is 3.56. The number of tetrazole rings is 1. The van der Waals surface area contributed by atoms with Gasteiger partial charge in [-0.25, -0.2) is 9.99 Å². The van der Waals surface area contributed by atoms with Crippen molar-refractivity contribution < 1.29 is 13.9 Å². The monoisotopic (exact) mass is 451 g/mol. The molecule has 2 aliphatic heterocycles. The van der Waals surface area contributed by atoms with E-state index in [-0.39, 0.29) is 36.2 Å². The van der Waals surface area contributed by atoms with Crippen LogP contribution in [0.4, 0.5) is 10.3 Å². The van der Waals surface area contributed by atoms with Crippen LogP contribution in [0.2, 0.25) is 0 Å². The smallest absolute Gasteiger partial charge is 0.255 e. The number of halogens is 1. The van der Waals surface area contributed by atoms with Gasteiger partial charge in [-0.2, -0.15) is 19.7 Å². The Hall–Kier alpha value is -3.96. The first kappa shape index (κ1) is 20.9. The summed E-state index contributed by atoms with van der Waals surface area (Å²) in [6.07, 6.45) is 4.85. The van der Waals surface area contributed by atoms with Crippen molar-refractivity contribution in [2.75, 3.05) is 18.0 Å². The minimum absolute atomic E-state index is 0.0291. The van der Waals surface area contributed by atoms with E-state index in [9.17, 15) is 9.18 Å². The van der Waals surface area contributed by atoms with Crippen molar-refractivity contribution in [3.63, 3.8) is 0 Å². The number of piperidine rings is 1. The topological polar surface area (TPSA) is 125 Å². The van der Waals surface area contributed by atoms with Crippen molar-refractivity contribution in [3.05, 3.63) is 53.7 Å². The molecule has 0 spiro atoms. The number of hydrazone groups is 1. The first-order chi connectivity index (χ1) is 16.2. The summed E-state index contributed by atoms with van der Waals surface area (Å²) in [5.41, 5.74) is 1.08. The number of carbonyl (C=O) groups is 1.